The summed E-state index contributed by atoms with van der Waals surface area (Å²) in [5, 5.41) is 3.86. The summed E-state index contributed by atoms with van der Waals surface area (Å²) < 4.78 is 5.21. The highest BCUT2D eigenvalue weighted by Crippen LogP contribution is 2.31. The van der Waals surface area contributed by atoms with Crippen LogP contribution >= 0.6 is 23.2 Å². The first-order valence-electron chi connectivity index (χ1n) is 12.9. The third-order valence-electron chi connectivity index (χ3n) is 6.86. The van der Waals surface area contributed by atoms with Crippen molar-refractivity contribution >= 4 is 58.1 Å². The summed E-state index contributed by atoms with van der Waals surface area (Å²) in [7, 11) is 1.54. The minimum atomic E-state index is -1.13. The van der Waals surface area contributed by atoms with Gasteiger partial charge in [-0.05, 0) is 71.8 Å². The van der Waals surface area contributed by atoms with Crippen LogP contribution in [0.1, 0.15) is 27.5 Å². The molecule has 0 aliphatic carbocycles. The molecule has 3 amide bonds. The summed E-state index contributed by atoms with van der Waals surface area (Å²) >= 11 is 12.2. The standard InChI is InChI=1S/C32H25Cl2N3O5/c1-42-25-16-14-24(15-17-25)35-31(40)29(21-8-12-23(34)13-9-21)37(18-20-6-10-22(33)11-7-20)28(38)19-36-27-5-3-2-4-26(27)30(39)32(36)41/h2-17,29H,18-19H2,1H3,(H,35,40)/t29-/m0/s1. The Morgan fingerprint density at radius 1 is 0.857 bits per heavy atom. The molecule has 1 heterocycles. The van der Waals surface area contributed by atoms with Gasteiger partial charge in [0.1, 0.15) is 18.3 Å². The number of hydrogen-bond acceptors (Lipinski definition) is 5. The van der Waals surface area contributed by atoms with Crippen LogP contribution < -0.4 is 15.0 Å². The van der Waals surface area contributed by atoms with E-state index in [0.29, 0.717) is 38.3 Å². The fourth-order valence-corrected chi connectivity index (χ4v) is 5.00. The SMILES string of the molecule is COc1ccc(NC(=O)[C@H](c2ccc(Cl)cc2)N(Cc2ccc(Cl)cc2)C(=O)CN2C(=O)C(=O)c3ccccc32)cc1. The molecule has 1 N–H and O–H groups in total. The average molecular weight is 602 g/mol. The number of ether oxygens (including phenoxy) is 1. The predicted octanol–water partition coefficient (Wildman–Crippen LogP) is 5.94. The topological polar surface area (TPSA) is 96.0 Å². The summed E-state index contributed by atoms with van der Waals surface area (Å²) in [6.07, 6.45) is 0. The third-order valence-corrected chi connectivity index (χ3v) is 7.37. The van der Waals surface area contributed by atoms with Gasteiger partial charge in [-0.3, -0.25) is 24.1 Å². The van der Waals surface area contributed by atoms with Gasteiger partial charge in [0.05, 0.1) is 18.4 Å². The molecule has 1 aliphatic rings. The minimum Gasteiger partial charge on any atom is -0.497 e. The van der Waals surface area contributed by atoms with E-state index in [1.54, 1.807) is 104 Å². The molecular weight excluding hydrogens is 577 g/mol. The van der Waals surface area contributed by atoms with Crippen molar-refractivity contribution in [2.75, 3.05) is 23.9 Å². The first-order chi connectivity index (χ1) is 20.2. The number of fused-ring (bicyclic) bond motifs is 1. The smallest absolute Gasteiger partial charge is 0.299 e. The van der Waals surface area contributed by atoms with Gasteiger partial charge < -0.3 is 15.0 Å². The monoisotopic (exact) mass is 601 g/mol. The summed E-state index contributed by atoms with van der Waals surface area (Å²) in [5.74, 6) is -1.91. The molecule has 42 heavy (non-hydrogen) atoms. The number of halogens is 2. The van der Waals surface area contributed by atoms with Gasteiger partial charge in [0, 0.05) is 22.3 Å². The quantitative estimate of drug-likeness (QED) is 0.239. The molecule has 5 rings (SSSR count). The molecule has 0 unspecified atom stereocenters. The van der Waals surface area contributed by atoms with Gasteiger partial charge in [0.25, 0.3) is 17.6 Å². The minimum absolute atomic E-state index is 0.0109. The Morgan fingerprint density at radius 3 is 2.12 bits per heavy atom. The lowest BCUT2D eigenvalue weighted by Gasteiger charge is -2.33. The molecule has 0 spiro atoms. The number of Topliss-reactive ketones (excluding diaryl/α,β-unsaturated/α-hetero) is 1. The van der Waals surface area contributed by atoms with Crippen LogP contribution in [0.4, 0.5) is 11.4 Å². The Labute approximate surface area is 252 Å². The van der Waals surface area contributed by atoms with Gasteiger partial charge in [-0.15, -0.1) is 0 Å². The lowest BCUT2D eigenvalue weighted by atomic mass is 10.0. The summed E-state index contributed by atoms with van der Waals surface area (Å²) in [4.78, 5) is 56.1. The lowest BCUT2D eigenvalue weighted by molar-refractivity contribution is -0.139. The molecule has 0 saturated carbocycles. The Kier molecular flexibility index (Phi) is 8.56. The Bertz CT molecular complexity index is 1640. The van der Waals surface area contributed by atoms with E-state index >= 15 is 0 Å². The van der Waals surface area contributed by atoms with Crippen molar-refractivity contribution in [3.8, 4) is 5.75 Å². The maximum absolute atomic E-state index is 14.1. The second kappa shape index (κ2) is 12.5. The lowest BCUT2D eigenvalue weighted by Crippen LogP contribution is -2.46. The molecule has 1 aliphatic heterocycles. The highest BCUT2D eigenvalue weighted by Gasteiger charge is 2.39. The number of amides is 3. The number of methoxy groups -OCH3 is 1. The van der Waals surface area contributed by atoms with E-state index in [-0.39, 0.29) is 12.1 Å². The van der Waals surface area contributed by atoms with Gasteiger partial charge in [-0.2, -0.15) is 0 Å². The zero-order valence-corrected chi connectivity index (χ0v) is 23.9. The van der Waals surface area contributed by atoms with E-state index in [1.807, 2.05) is 0 Å². The van der Waals surface area contributed by atoms with Crippen LogP contribution in [-0.4, -0.2) is 42.1 Å². The van der Waals surface area contributed by atoms with Crippen LogP contribution in [0.3, 0.4) is 0 Å². The average Bonchev–Trinajstić information content (AvgIpc) is 3.24. The van der Waals surface area contributed by atoms with E-state index in [2.05, 4.69) is 5.32 Å². The molecule has 4 aromatic rings. The Balaban J connectivity index is 1.54. The highest BCUT2D eigenvalue weighted by atomic mass is 35.5. The number of carbonyl (C=O) groups excluding carboxylic acids is 4. The molecule has 0 radical (unpaired) electrons. The van der Waals surface area contributed by atoms with E-state index in [9.17, 15) is 19.2 Å². The number of carbonyl (C=O) groups is 4. The number of benzene rings is 4. The third kappa shape index (κ3) is 6.15. The van der Waals surface area contributed by atoms with E-state index in [4.69, 9.17) is 27.9 Å². The van der Waals surface area contributed by atoms with Crippen molar-refractivity contribution < 1.29 is 23.9 Å². The fraction of sp³-hybridized carbons (Fsp3) is 0.125. The van der Waals surface area contributed by atoms with Crippen LogP contribution in [0.25, 0.3) is 0 Å². The number of nitrogens with zero attached hydrogens (tertiary/aromatic N) is 2. The van der Waals surface area contributed by atoms with Gasteiger partial charge >= 0.3 is 0 Å². The number of anilines is 2. The van der Waals surface area contributed by atoms with E-state index < -0.39 is 36.1 Å². The first-order valence-corrected chi connectivity index (χ1v) is 13.7. The van der Waals surface area contributed by atoms with Gasteiger partial charge in [0.15, 0.2) is 0 Å². The molecule has 10 heteroatoms. The second-order valence-corrected chi connectivity index (χ2v) is 10.4. The van der Waals surface area contributed by atoms with Crippen molar-refractivity contribution in [1.82, 2.24) is 4.90 Å². The summed E-state index contributed by atoms with van der Waals surface area (Å²) in [6, 6.07) is 25.6. The highest BCUT2D eigenvalue weighted by molar-refractivity contribution is 6.52. The molecule has 212 valence electrons. The largest absolute Gasteiger partial charge is 0.497 e. The second-order valence-electron chi connectivity index (χ2n) is 9.56. The molecular formula is C32H25Cl2N3O5. The van der Waals surface area contributed by atoms with Crippen molar-refractivity contribution in [3.05, 3.63) is 124 Å². The maximum Gasteiger partial charge on any atom is 0.299 e. The number of nitrogens with one attached hydrogen (secondary N) is 1. The maximum atomic E-state index is 14.1. The van der Waals surface area contributed by atoms with Crippen molar-refractivity contribution in [2.45, 2.75) is 12.6 Å². The van der Waals surface area contributed by atoms with Crippen LogP contribution in [0.15, 0.2) is 97.1 Å². The Morgan fingerprint density at radius 2 is 1.48 bits per heavy atom. The van der Waals surface area contributed by atoms with Crippen molar-refractivity contribution in [1.29, 1.82) is 0 Å². The Hall–Kier alpha value is -4.66. The molecule has 8 nitrogen and oxygen atoms in total. The van der Waals surface area contributed by atoms with Crippen LogP contribution in [0.2, 0.25) is 10.0 Å². The molecule has 0 saturated heterocycles. The predicted molar refractivity (Wildman–Crippen MR) is 161 cm³/mol. The summed E-state index contributed by atoms with van der Waals surface area (Å²) in [5.41, 5.74) is 2.27. The molecule has 0 fully saturated rings. The molecule has 0 aromatic heterocycles. The van der Waals surface area contributed by atoms with Crippen LogP contribution in [0.5, 0.6) is 5.75 Å². The van der Waals surface area contributed by atoms with Gasteiger partial charge in [-0.1, -0.05) is 59.6 Å². The van der Waals surface area contributed by atoms with Gasteiger partial charge in [0.2, 0.25) is 5.91 Å². The zero-order valence-electron chi connectivity index (χ0n) is 22.4. The number of rotatable bonds is 9. The number of hydrogen-bond donors (Lipinski definition) is 1. The zero-order chi connectivity index (χ0) is 29.8. The van der Waals surface area contributed by atoms with E-state index in [1.165, 1.54) is 4.90 Å². The molecule has 1 atom stereocenters. The molecule has 0 bridgehead atoms. The molecule has 4 aromatic carbocycles. The summed E-state index contributed by atoms with van der Waals surface area (Å²) in [6.45, 7) is -0.438. The van der Waals surface area contributed by atoms with Crippen molar-refractivity contribution in [2.24, 2.45) is 0 Å². The van der Waals surface area contributed by atoms with Crippen LogP contribution in [-0.2, 0) is 20.9 Å². The normalized spacial score (nSPS) is 13.0. The van der Waals surface area contributed by atoms with E-state index in [0.717, 1.165) is 4.90 Å². The number of para-hydroxylation sites is 1. The first kappa shape index (κ1) is 28.9. The fourth-order valence-electron chi connectivity index (χ4n) is 4.74. The van der Waals surface area contributed by atoms with Crippen molar-refractivity contribution in [3.63, 3.8) is 0 Å². The number of ketones is 1. The van der Waals surface area contributed by atoms with Gasteiger partial charge in [-0.25, -0.2) is 0 Å². The van der Waals surface area contributed by atoms with Crippen LogP contribution in [0, 0.1) is 0 Å².